The van der Waals surface area contributed by atoms with Crippen LogP contribution < -0.4 is 0 Å². The number of ether oxygens (including phenoxy) is 1. The number of carbonyl (C=O) groups is 1. The minimum absolute atomic E-state index is 0.00285. The van der Waals surface area contributed by atoms with E-state index in [0.717, 1.165) is 12.8 Å². The number of unbranched alkanes of at least 4 members (excludes halogenated alkanes) is 10. The Morgan fingerprint density at radius 3 is 1.92 bits per heavy atom. The van der Waals surface area contributed by atoms with Crippen LogP contribution in [0.2, 0.25) is 0 Å². The summed E-state index contributed by atoms with van der Waals surface area (Å²) in [6, 6.07) is 10.3. The fourth-order valence-electron chi connectivity index (χ4n) is 3.75. The topological polar surface area (TPSA) is 26.3 Å². The largest absolute Gasteiger partial charge is 0.461 e. The van der Waals surface area contributed by atoms with Crippen LogP contribution in [0.5, 0.6) is 0 Å². The van der Waals surface area contributed by atoms with Gasteiger partial charge in [-0.2, -0.15) is 0 Å². The van der Waals surface area contributed by atoms with Gasteiger partial charge < -0.3 is 4.74 Å². The molecule has 140 valence electrons. The van der Waals surface area contributed by atoms with E-state index in [1.165, 1.54) is 76.2 Å². The van der Waals surface area contributed by atoms with Crippen molar-refractivity contribution in [1.29, 1.82) is 0 Å². The Hall–Kier alpha value is -1.31. The zero-order valence-corrected chi connectivity index (χ0v) is 16.1. The van der Waals surface area contributed by atoms with Gasteiger partial charge in [-0.15, -0.1) is 0 Å². The molecule has 1 aromatic rings. The molecule has 2 nitrogen and oxygen atoms in total. The minimum Gasteiger partial charge on any atom is -0.461 e. The summed E-state index contributed by atoms with van der Waals surface area (Å²) >= 11 is 0. The molecule has 0 spiro atoms. The predicted molar refractivity (Wildman–Crippen MR) is 105 cm³/mol. The van der Waals surface area contributed by atoms with Gasteiger partial charge >= 0.3 is 5.97 Å². The van der Waals surface area contributed by atoms with Crippen LogP contribution >= 0.6 is 0 Å². The molecule has 2 heteroatoms. The van der Waals surface area contributed by atoms with Gasteiger partial charge in [-0.25, -0.2) is 0 Å². The lowest BCUT2D eigenvalue weighted by atomic mass is 9.87. The van der Waals surface area contributed by atoms with E-state index in [1.807, 2.05) is 18.2 Å². The van der Waals surface area contributed by atoms with Crippen molar-refractivity contribution in [2.45, 2.75) is 96.5 Å². The van der Waals surface area contributed by atoms with Crippen LogP contribution in [0.3, 0.4) is 0 Å². The third-order valence-corrected chi connectivity index (χ3v) is 5.41. The fourth-order valence-corrected chi connectivity index (χ4v) is 3.75. The average Bonchev–Trinajstić information content (AvgIpc) is 2.64. The van der Waals surface area contributed by atoms with Crippen molar-refractivity contribution in [3.63, 3.8) is 0 Å². The first-order valence-corrected chi connectivity index (χ1v) is 10.6. The molecule has 1 fully saturated rings. The summed E-state index contributed by atoms with van der Waals surface area (Å²) < 4.78 is 5.38. The van der Waals surface area contributed by atoms with E-state index in [4.69, 9.17) is 4.74 Å². The van der Waals surface area contributed by atoms with Gasteiger partial charge in [-0.05, 0) is 24.8 Å². The van der Waals surface area contributed by atoms with Crippen molar-refractivity contribution in [1.82, 2.24) is 0 Å². The van der Waals surface area contributed by atoms with Gasteiger partial charge in [0.2, 0.25) is 0 Å². The third kappa shape index (κ3) is 7.63. The second kappa shape index (κ2) is 12.1. The summed E-state index contributed by atoms with van der Waals surface area (Å²) in [5, 5.41) is 0. The molecular weight excluding hydrogens is 308 g/mol. The molecule has 0 aliphatic carbocycles. The number of rotatable bonds is 14. The Kier molecular flexibility index (Phi) is 9.69. The molecule has 0 bridgehead atoms. The average molecular weight is 345 g/mol. The van der Waals surface area contributed by atoms with E-state index in [1.54, 1.807) is 0 Å². The summed E-state index contributed by atoms with van der Waals surface area (Å²) in [7, 11) is 0. The van der Waals surface area contributed by atoms with Crippen LogP contribution in [0.25, 0.3) is 0 Å². The monoisotopic (exact) mass is 344 g/mol. The summed E-state index contributed by atoms with van der Waals surface area (Å²) in [6.45, 7) is 2.27. The van der Waals surface area contributed by atoms with E-state index in [9.17, 15) is 4.79 Å². The Bertz CT molecular complexity index is 468. The van der Waals surface area contributed by atoms with E-state index in [2.05, 4.69) is 19.1 Å². The smallest absolute Gasteiger partial charge is 0.313 e. The van der Waals surface area contributed by atoms with Crippen molar-refractivity contribution in [2.75, 3.05) is 0 Å². The summed E-state index contributed by atoms with van der Waals surface area (Å²) in [6.07, 6.45) is 17.0. The fraction of sp³-hybridized carbons (Fsp3) is 0.696. The molecule has 1 aliphatic heterocycles. The molecule has 0 unspecified atom stereocenters. The molecule has 1 saturated heterocycles. The molecule has 25 heavy (non-hydrogen) atoms. The number of benzene rings is 1. The molecule has 0 radical (unpaired) electrons. The predicted octanol–water partition coefficient (Wildman–Crippen LogP) is 6.47. The summed E-state index contributed by atoms with van der Waals surface area (Å²) in [5.41, 5.74) is 1.24. The molecular formula is C23H36O2. The molecule has 2 rings (SSSR count). The first-order valence-electron chi connectivity index (χ1n) is 10.6. The van der Waals surface area contributed by atoms with Gasteiger partial charge in [0.1, 0.15) is 6.10 Å². The van der Waals surface area contributed by atoms with Gasteiger partial charge in [0, 0.05) is 0 Å². The number of hydrogen-bond acceptors (Lipinski definition) is 2. The summed E-state index contributed by atoms with van der Waals surface area (Å²) in [5.74, 6) is 0.0856. The van der Waals surface area contributed by atoms with Gasteiger partial charge in [-0.1, -0.05) is 101 Å². The van der Waals surface area contributed by atoms with Crippen molar-refractivity contribution in [3.05, 3.63) is 35.9 Å². The first kappa shape index (κ1) is 20.0. The van der Waals surface area contributed by atoms with E-state index < -0.39 is 0 Å². The molecule has 0 N–H and O–H groups in total. The quantitative estimate of drug-likeness (QED) is 0.285. The number of carbonyl (C=O) groups excluding carboxylic acids is 1. The minimum atomic E-state index is -0.00285. The van der Waals surface area contributed by atoms with E-state index in [-0.39, 0.29) is 18.0 Å². The lowest BCUT2D eigenvalue weighted by Crippen LogP contribution is -2.46. The highest BCUT2D eigenvalue weighted by atomic mass is 16.6. The Balaban J connectivity index is 1.46. The lowest BCUT2D eigenvalue weighted by Gasteiger charge is -2.35. The molecule has 0 saturated carbocycles. The SMILES string of the molecule is CCCCCCCCCCCCC[C@@H]1OC(=O)[C@H]1Cc1ccccc1. The lowest BCUT2D eigenvalue weighted by molar-refractivity contribution is -0.185. The normalized spacial score (nSPS) is 19.5. The number of cyclic esters (lactones) is 1. The van der Waals surface area contributed by atoms with Gasteiger partial charge in [0.15, 0.2) is 0 Å². The van der Waals surface area contributed by atoms with Gasteiger partial charge in [0.25, 0.3) is 0 Å². The Morgan fingerprint density at radius 2 is 1.36 bits per heavy atom. The van der Waals surface area contributed by atoms with E-state index >= 15 is 0 Å². The molecule has 1 heterocycles. The highest BCUT2D eigenvalue weighted by Crippen LogP contribution is 2.30. The zero-order chi connectivity index (χ0) is 17.7. The highest BCUT2D eigenvalue weighted by Gasteiger charge is 2.41. The number of hydrogen-bond donors (Lipinski definition) is 0. The molecule has 0 amide bonds. The van der Waals surface area contributed by atoms with Crippen molar-refractivity contribution >= 4 is 5.97 Å². The number of esters is 1. The standard InChI is InChI=1S/C23H36O2/c1-2-3-4-5-6-7-8-9-10-11-15-18-22-21(23(24)25-22)19-20-16-13-12-14-17-20/h12-14,16-17,21-22H,2-11,15,18-19H2,1H3/t21-,22-/m0/s1. The maximum atomic E-state index is 11.7. The van der Waals surface area contributed by atoms with Crippen LogP contribution in [0.15, 0.2) is 30.3 Å². The van der Waals surface area contributed by atoms with Crippen molar-refractivity contribution in [3.8, 4) is 0 Å². The van der Waals surface area contributed by atoms with Gasteiger partial charge in [0.05, 0.1) is 5.92 Å². The maximum Gasteiger partial charge on any atom is 0.313 e. The second-order valence-corrected chi connectivity index (χ2v) is 7.60. The second-order valence-electron chi connectivity index (χ2n) is 7.60. The first-order chi connectivity index (χ1) is 12.3. The molecule has 1 aromatic carbocycles. The van der Waals surface area contributed by atoms with E-state index in [0.29, 0.717) is 0 Å². The molecule has 1 aliphatic rings. The maximum absolute atomic E-state index is 11.7. The van der Waals surface area contributed by atoms with Gasteiger partial charge in [-0.3, -0.25) is 4.79 Å². The molecule has 0 aromatic heterocycles. The Morgan fingerprint density at radius 1 is 0.800 bits per heavy atom. The van der Waals surface area contributed by atoms with Crippen molar-refractivity contribution in [2.24, 2.45) is 5.92 Å². The zero-order valence-electron chi connectivity index (χ0n) is 16.1. The highest BCUT2D eigenvalue weighted by molar-refractivity contribution is 5.78. The van der Waals surface area contributed by atoms with Crippen LogP contribution in [0.4, 0.5) is 0 Å². The Labute approximate surface area is 154 Å². The van der Waals surface area contributed by atoms with Crippen LogP contribution in [0, 0.1) is 5.92 Å². The third-order valence-electron chi connectivity index (χ3n) is 5.41. The van der Waals surface area contributed by atoms with Crippen LogP contribution in [-0.2, 0) is 16.0 Å². The summed E-state index contributed by atoms with van der Waals surface area (Å²) in [4.78, 5) is 11.7. The van der Waals surface area contributed by atoms with Crippen LogP contribution in [-0.4, -0.2) is 12.1 Å². The van der Waals surface area contributed by atoms with Crippen molar-refractivity contribution < 1.29 is 9.53 Å². The molecule has 2 atom stereocenters. The van der Waals surface area contributed by atoms with Crippen LogP contribution in [0.1, 0.15) is 89.5 Å².